The van der Waals surface area contributed by atoms with Crippen molar-refractivity contribution in [2.45, 2.75) is 20.4 Å². The Morgan fingerprint density at radius 3 is 2.67 bits per heavy atom. The van der Waals surface area contributed by atoms with Gasteiger partial charge in [0.2, 0.25) is 12.4 Å². The Hall–Kier alpha value is -3.75. The second-order valence-electron chi connectivity index (χ2n) is 6.64. The van der Waals surface area contributed by atoms with E-state index in [1.54, 1.807) is 25.4 Å². The number of halogens is 2. The number of hydrogen-bond donors (Lipinski definition) is 2. The number of carbonyl (C=O) groups is 1. The van der Waals surface area contributed by atoms with Crippen LogP contribution in [0.2, 0.25) is 0 Å². The highest BCUT2D eigenvalue weighted by atomic mass is 19.1. The van der Waals surface area contributed by atoms with E-state index in [9.17, 15) is 13.6 Å². The maximum absolute atomic E-state index is 13.7. The van der Waals surface area contributed by atoms with Crippen LogP contribution in [0.5, 0.6) is 0 Å². The van der Waals surface area contributed by atoms with Crippen LogP contribution in [0.1, 0.15) is 18.1 Å². The van der Waals surface area contributed by atoms with Crippen LogP contribution in [0, 0.1) is 18.6 Å². The van der Waals surface area contributed by atoms with Gasteiger partial charge in [0.1, 0.15) is 17.4 Å². The molecule has 1 heterocycles. The highest BCUT2D eigenvalue weighted by Crippen LogP contribution is 2.25. The Bertz CT molecular complexity index is 1100. The lowest BCUT2D eigenvalue weighted by atomic mass is 10.1. The van der Waals surface area contributed by atoms with E-state index in [4.69, 9.17) is 4.74 Å². The van der Waals surface area contributed by atoms with Gasteiger partial charge in [-0.2, -0.15) is 5.10 Å². The zero-order chi connectivity index (χ0) is 21.7. The van der Waals surface area contributed by atoms with Crippen LogP contribution in [0.3, 0.4) is 0 Å². The number of nitrogens with one attached hydrogen (secondary N) is 2. The largest absolute Gasteiger partial charge is 0.500 e. The summed E-state index contributed by atoms with van der Waals surface area (Å²) in [5.74, 6) is -0.722. The molecule has 0 saturated heterocycles. The van der Waals surface area contributed by atoms with Gasteiger partial charge in [-0.3, -0.25) is 15.2 Å². The molecule has 0 fully saturated rings. The van der Waals surface area contributed by atoms with Gasteiger partial charge < -0.3 is 9.64 Å². The van der Waals surface area contributed by atoms with Crippen LogP contribution in [-0.2, 0) is 16.1 Å². The molecule has 0 radical (unpaired) electrons. The molecule has 9 heteroatoms. The van der Waals surface area contributed by atoms with E-state index in [0.717, 1.165) is 22.5 Å². The molecule has 0 aliphatic heterocycles. The minimum absolute atomic E-state index is 0.0421. The molecule has 7 nitrogen and oxygen atoms in total. The molecule has 2 N–H and O–H groups in total. The zero-order valence-corrected chi connectivity index (χ0v) is 16.7. The standard InChI is InChI=1S/C21H21F2N5O2/c1-13-4-16-9-25-27-20(16)8-19(13)26-21(24-12-29)28(10-14(2)30-3)11-15-5-17(22)7-18(23)6-15/h4-10,12H,11H2,1-3H3,(H,25,27)(H,24,26,29)/b14-10+. The number of aliphatic imine (C=N–C) groups is 1. The summed E-state index contributed by atoms with van der Waals surface area (Å²) >= 11 is 0. The van der Waals surface area contributed by atoms with E-state index in [-0.39, 0.29) is 12.5 Å². The van der Waals surface area contributed by atoms with Gasteiger partial charge in [-0.05, 0) is 49.2 Å². The van der Waals surface area contributed by atoms with Crippen LogP contribution in [-0.4, -0.2) is 34.6 Å². The van der Waals surface area contributed by atoms with E-state index in [1.165, 1.54) is 24.1 Å². The number of allylic oxidation sites excluding steroid dienone is 1. The Balaban J connectivity index is 2.06. The molecule has 0 aliphatic carbocycles. The molecule has 3 aromatic rings. The fourth-order valence-electron chi connectivity index (χ4n) is 2.91. The summed E-state index contributed by atoms with van der Waals surface area (Å²) in [7, 11) is 1.49. The van der Waals surface area contributed by atoms with Crippen molar-refractivity contribution in [2.24, 2.45) is 4.99 Å². The lowest BCUT2D eigenvalue weighted by Gasteiger charge is -2.23. The van der Waals surface area contributed by atoms with Crippen molar-refractivity contribution in [1.29, 1.82) is 0 Å². The number of benzene rings is 2. The van der Waals surface area contributed by atoms with Gasteiger partial charge >= 0.3 is 0 Å². The average Bonchev–Trinajstić information content (AvgIpc) is 3.13. The molecule has 3 rings (SSSR count). The number of amides is 1. The fourth-order valence-corrected chi connectivity index (χ4v) is 2.91. The van der Waals surface area contributed by atoms with Gasteiger partial charge in [-0.1, -0.05) is 0 Å². The van der Waals surface area contributed by atoms with E-state index in [0.29, 0.717) is 23.4 Å². The molecule has 1 aromatic heterocycles. The summed E-state index contributed by atoms with van der Waals surface area (Å²) in [4.78, 5) is 17.4. The summed E-state index contributed by atoms with van der Waals surface area (Å²) in [6, 6.07) is 6.94. The Kier molecular flexibility index (Phi) is 6.41. The fraction of sp³-hybridized carbons (Fsp3) is 0.190. The predicted molar refractivity (Wildman–Crippen MR) is 110 cm³/mol. The predicted octanol–water partition coefficient (Wildman–Crippen LogP) is 3.89. The minimum atomic E-state index is -0.695. The smallest absolute Gasteiger partial charge is 0.213 e. The molecule has 0 bridgehead atoms. The minimum Gasteiger partial charge on any atom is -0.500 e. The molecule has 0 atom stereocenters. The van der Waals surface area contributed by atoms with Crippen molar-refractivity contribution in [3.8, 4) is 0 Å². The Labute approximate surface area is 172 Å². The third-order valence-electron chi connectivity index (χ3n) is 4.38. The molecular weight excluding hydrogens is 392 g/mol. The number of methoxy groups -OCH3 is 1. The quantitative estimate of drug-likeness (QED) is 0.278. The highest BCUT2D eigenvalue weighted by molar-refractivity contribution is 5.92. The normalized spacial score (nSPS) is 12.2. The second kappa shape index (κ2) is 9.17. The van der Waals surface area contributed by atoms with Gasteiger partial charge in [0, 0.05) is 17.7 Å². The molecule has 0 spiro atoms. The van der Waals surface area contributed by atoms with Crippen molar-refractivity contribution in [3.63, 3.8) is 0 Å². The summed E-state index contributed by atoms with van der Waals surface area (Å²) in [6.07, 6.45) is 3.77. The van der Waals surface area contributed by atoms with E-state index in [1.807, 2.05) is 13.0 Å². The first-order valence-electron chi connectivity index (χ1n) is 9.06. The van der Waals surface area contributed by atoms with Crippen molar-refractivity contribution in [1.82, 2.24) is 20.4 Å². The summed E-state index contributed by atoms with van der Waals surface area (Å²) in [5.41, 5.74) is 2.59. The number of ether oxygens (including phenoxy) is 1. The SMILES string of the molecule is CO/C(C)=C/N(Cc1cc(F)cc(F)c1)C(=Nc1cc2[nH]ncc2cc1C)NC=O. The zero-order valence-electron chi connectivity index (χ0n) is 16.7. The van der Waals surface area contributed by atoms with E-state index < -0.39 is 11.6 Å². The molecule has 0 aliphatic rings. The third kappa shape index (κ3) is 4.99. The third-order valence-corrected chi connectivity index (χ3v) is 4.38. The number of guanidine groups is 1. The first-order chi connectivity index (χ1) is 14.4. The van der Waals surface area contributed by atoms with Gasteiger partial charge in [-0.15, -0.1) is 0 Å². The van der Waals surface area contributed by atoms with E-state index >= 15 is 0 Å². The number of hydrogen-bond acceptors (Lipinski definition) is 4. The summed E-state index contributed by atoms with van der Waals surface area (Å²) < 4.78 is 32.5. The number of aromatic nitrogens is 2. The van der Waals surface area contributed by atoms with Crippen LogP contribution >= 0.6 is 0 Å². The van der Waals surface area contributed by atoms with Crippen molar-refractivity contribution in [3.05, 3.63) is 71.2 Å². The number of aromatic amines is 1. The maximum atomic E-state index is 13.7. The average molecular weight is 413 g/mol. The first kappa shape index (κ1) is 21.0. The number of carbonyl (C=O) groups excluding carboxylic acids is 1. The number of nitrogens with zero attached hydrogens (tertiary/aromatic N) is 3. The summed E-state index contributed by atoms with van der Waals surface area (Å²) in [6.45, 7) is 3.63. The van der Waals surface area contributed by atoms with Crippen LogP contribution < -0.4 is 5.32 Å². The molecule has 156 valence electrons. The first-order valence-corrected chi connectivity index (χ1v) is 9.06. The lowest BCUT2D eigenvalue weighted by molar-refractivity contribution is -0.108. The number of fused-ring (bicyclic) bond motifs is 1. The monoisotopic (exact) mass is 413 g/mol. The molecule has 0 unspecified atom stereocenters. The van der Waals surface area contributed by atoms with Crippen LogP contribution in [0.15, 0.2) is 53.5 Å². The number of rotatable bonds is 6. The van der Waals surface area contributed by atoms with Gasteiger partial charge in [0.15, 0.2) is 0 Å². The number of aryl methyl sites for hydroxylation is 1. The summed E-state index contributed by atoms with van der Waals surface area (Å²) in [5, 5.41) is 10.4. The van der Waals surface area contributed by atoms with Crippen LogP contribution in [0.25, 0.3) is 10.9 Å². The Morgan fingerprint density at radius 2 is 2.00 bits per heavy atom. The van der Waals surface area contributed by atoms with Crippen molar-refractivity contribution in [2.75, 3.05) is 7.11 Å². The molecule has 0 saturated carbocycles. The van der Waals surface area contributed by atoms with Crippen molar-refractivity contribution >= 4 is 29.0 Å². The van der Waals surface area contributed by atoms with Crippen molar-refractivity contribution < 1.29 is 18.3 Å². The number of H-pyrrole nitrogens is 1. The second-order valence-corrected chi connectivity index (χ2v) is 6.64. The topological polar surface area (TPSA) is 82.6 Å². The van der Waals surface area contributed by atoms with E-state index in [2.05, 4.69) is 20.5 Å². The molecule has 30 heavy (non-hydrogen) atoms. The molecular formula is C21H21F2N5O2. The van der Waals surface area contributed by atoms with Gasteiger partial charge in [0.05, 0.1) is 31.1 Å². The van der Waals surface area contributed by atoms with Gasteiger partial charge in [0.25, 0.3) is 0 Å². The highest BCUT2D eigenvalue weighted by Gasteiger charge is 2.14. The molecule has 2 aromatic carbocycles. The maximum Gasteiger partial charge on any atom is 0.213 e. The van der Waals surface area contributed by atoms with Crippen LogP contribution in [0.4, 0.5) is 14.5 Å². The Morgan fingerprint density at radius 1 is 1.27 bits per heavy atom. The lowest BCUT2D eigenvalue weighted by Crippen LogP contribution is -2.37. The van der Waals surface area contributed by atoms with Gasteiger partial charge in [-0.25, -0.2) is 13.8 Å². The molecule has 1 amide bonds.